The molecule has 0 aliphatic heterocycles. The van der Waals surface area contributed by atoms with Crippen LogP contribution in [0.15, 0.2) is 40.9 Å². The summed E-state index contributed by atoms with van der Waals surface area (Å²) in [6.07, 6.45) is 0.746. The number of nitrogens with two attached hydrogens (primary N) is 1. The highest BCUT2D eigenvalue weighted by Crippen LogP contribution is 2.26. The maximum absolute atomic E-state index is 6.31. The van der Waals surface area contributed by atoms with E-state index >= 15 is 0 Å². The summed E-state index contributed by atoms with van der Waals surface area (Å²) in [5, 5.41) is 0.759. The molecule has 1 atom stereocenters. The van der Waals surface area contributed by atoms with Crippen molar-refractivity contribution in [3.63, 3.8) is 0 Å². The van der Waals surface area contributed by atoms with Crippen molar-refractivity contribution in [2.75, 3.05) is 0 Å². The highest BCUT2D eigenvalue weighted by Gasteiger charge is 2.12. The van der Waals surface area contributed by atoms with Crippen LogP contribution in [0, 0.1) is 13.8 Å². The third-order valence-electron chi connectivity index (χ3n) is 3.28. The molecular weight excluding hydrogens is 322 g/mol. The Morgan fingerprint density at radius 1 is 1.16 bits per heavy atom. The number of benzene rings is 2. The largest absolute Gasteiger partial charge is 0.324 e. The lowest BCUT2D eigenvalue weighted by molar-refractivity contribution is 0.716. The predicted molar refractivity (Wildman–Crippen MR) is 85.7 cm³/mol. The van der Waals surface area contributed by atoms with Gasteiger partial charge in [0.2, 0.25) is 0 Å². The molecule has 2 aromatic rings. The molecule has 2 aromatic carbocycles. The van der Waals surface area contributed by atoms with Gasteiger partial charge in [-0.15, -0.1) is 0 Å². The Morgan fingerprint density at radius 3 is 2.53 bits per heavy atom. The molecule has 0 radical (unpaired) electrons. The summed E-state index contributed by atoms with van der Waals surface area (Å²) >= 11 is 9.65. The lowest BCUT2D eigenvalue weighted by atomic mass is 9.95. The van der Waals surface area contributed by atoms with Crippen LogP contribution in [0.4, 0.5) is 0 Å². The van der Waals surface area contributed by atoms with Gasteiger partial charge in [-0.1, -0.05) is 57.4 Å². The van der Waals surface area contributed by atoms with Crippen LogP contribution in [-0.2, 0) is 6.42 Å². The second-order valence-corrected chi connectivity index (χ2v) is 6.23. The van der Waals surface area contributed by atoms with Crippen molar-refractivity contribution in [1.82, 2.24) is 0 Å². The fraction of sp³-hybridized carbons (Fsp3) is 0.250. The van der Waals surface area contributed by atoms with E-state index in [1.54, 1.807) is 0 Å². The van der Waals surface area contributed by atoms with E-state index in [4.69, 9.17) is 17.3 Å². The van der Waals surface area contributed by atoms with Crippen molar-refractivity contribution in [3.8, 4) is 0 Å². The topological polar surface area (TPSA) is 26.0 Å². The van der Waals surface area contributed by atoms with E-state index in [0.29, 0.717) is 0 Å². The number of hydrogen-bond acceptors (Lipinski definition) is 1. The van der Waals surface area contributed by atoms with E-state index in [9.17, 15) is 0 Å². The molecule has 0 saturated carbocycles. The molecule has 1 nitrogen and oxygen atoms in total. The fourth-order valence-electron chi connectivity index (χ4n) is 2.28. The smallest absolute Gasteiger partial charge is 0.0449 e. The number of halogens is 2. The molecular formula is C16H17BrClN. The average Bonchev–Trinajstić information content (AvgIpc) is 2.32. The van der Waals surface area contributed by atoms with Gasteiger partial charge in [-0.25, -0.2) is 0 Å². The zero-order valence-corrected chi connectivity index (χ0v) is 13.4. The molecule has 0 heterocycles. The molecule has 0 saturated heterocycles. The highest BCUT2D eigenvalue weighted by molar-refractivity contribution is 9.10. The number of hydrogen-bond donors (Lipinski definition) is 1. The first kappa shape index (κ1) is 14.6. The monoisotopic (exact) mass is 337 g/mol. The minimum Gasteiger partial charge on any atom is -0.324 e. The first-order chi connectivity index (χ1) is 8.97. The molecule has 0 aromatic heterocycles. The molecule has 0 aliphatic carbocycles. The van der Waals surface area contributed by atoms with E-state index < -0.39 is 0 Å². The molecule has 1 unspecified atom stereocenters. The molecule has 19 heavy (non-hydrogen) atoms. The first-order valence-electron chi connectivity index (χ1n) is 6.24. The van der Waals surface area contributed by atoms with E-state index in [1.165, 1.54) is 16.7 Å². The molecule has 0 amide bonds. The maximum atomic E-state index is 6.31. The summed E-state index contributed by atoms with van der Waals surface area (Å²) in [5.41, 5.74) is 11.1. The second kappa shape index (κ2) is 6.08. The predicted octanol–water partition coefficient (Wildman–Crippen LogP) is 4.96. The molecule has 2 N–H and O–H groups in total. The second-order valence-electron chi connectivity index (χ2n) is 4.91. The van der Waals surface area contributed by atoms with Gasteiger partial charge in [-0.05, 0) is 49.1 Å². The van der Waals surface area contributed by atoms with Gasteiger partial charge < -0.3 is 5.73 Å². The Balaban J connectivity index is 2.23. The van der Waals surface area contributed by atoms with Crippen molar-refractivity contribution in [2.24, 2.45) is 5.73 Å². The van der Waals surface area contributed by atoms with Crippen LogP contribution in [0.1, 0.15) is 28.3 Å². The van der Waals surface area contributed by atoms with E-state index in [-0.39, 0.29) is 6.04 Å². The van der Waals surface area contributed by atoms with Crippen molar-refractivity contribution < 1.29 is 0 Å². The van der Waals surface area contributed by atoms with E-state index in [0.717, 1.165) is 21.5 Å². The van der Waals surface area contributed by atoms with Gasteiger partial charge in [0.1, 0.15) is 0 Å². The summed E-state index contributed by atoms with van der Waals surface area (Å²) in [7, 11) is 0. The number of aryl methyl sites for hydroxylation is 2. The molecule has 0 aliphatic rings. The van der Waals surface area contributed by atoms with Crippen molar-refractivity contribution in [3.05, 3.63) is 68.1 Å². The van der Waals surface area contributed by atoms with Gasteiger partial charge in [-0.2, -0.15) is 0 Å². The van der Waals surface area contributed by atoms with Crippen LogP contribution >= 0.6 is 27.5 Å². The van der Waals surface area contributed by atoms with Crippen molar-refractivity contribution >= 4 is 27.5 Å². The summed E-state index contributed by atoms with van der Waals surface area (Å²) in [6.45, 7) is 4.19. The van der Waals surface area contributed by atoms with Gasteiger partial charge in [0.05, 0.1) is 0 Å². The zero-order valence-electron chi connectivity index (χ0n) is 11.1. The number of rotatable bonds is 3. The Labute approximate surface area is 127 Å². The Bertz CT molecular complexity index is 595. The Hall–Kier alpha value is -0.830. The minimum atomic E-state index is -0.0284. The Kier molecular flexibility index (Phi) is 4.67. The van der Waals surface area contributed by atoms with Crippen LogP contribution in [-0.4, -0.2) is 0 Å². The van der Waals surface area contributed by atoms with Crippen LogP contribution in [0.25, 0.3) is 0 Å². The SMILES string of the molecule is Cc1ccc(C(N)Cc2ccc(Br)cc2Cl)c(C)c1. The summed E-state index contributed by atoms with van der Waals surface area (Å²) in [5.74, 6) is 0. The Morgan fingerprint density at radius 2 is 1.89 bits per heavy atom. The van der Waals surface area contributed by atoms with Gasteiger partial charge in [-0.3, -0.25) is 0 Å². The van der Waals surface area contributed by atoms with E-state index in [1.807, 2.05) is 18.2 Å². The molecule has 3 heteroatoms. The van der Waals surface area contributed by atoms with Crippen LogP contribution in [0.2, 0.25) is 5.02 Å². The lowest BCUT2D eigenvalue weighted by Gasteiger charge is -2.16. The first-order valence-corrected chi connectivity index (χ1v) is 7.41. The van der Waals surface area contributed by atoms with Gasteiger partial charge in [0, 0.05) is 15.5 Å². The molecule has 100 valence electrons. The summed E-state index contributed by atoms with van der Waals surface area (Å²) < 4.78 is 0.987. The van der Waals surface area contributed by atoms with Gasteiger partial charge >= 0.3 is 0 Å². The van der Waals surface area contributed by atoms with Crippen LogP contribution in [0.3, 0.4) is 0 Å². The van der Waals surface area contributed by atoms with Gasteiger partial charge in [0.15, 0.2) is 0 Å². The molecule has 0 bridgehead atoms. The fourth-order valence-corrected chi connectivity index (χ4v) is 3.03. The van der Waals surface area contributed by atoms with Crippen molar-refractivity contribution in [2.45, 2.75) is 26.3 Å². The molecule has 0 spiro atoms. The quantitative estimate of drug-likeness (QED) is 0.841. The zero-order chi connectivity index (χ0) is 14.0. The highest BCUT2D eigenvalue weighted by atomic mass is 79.9. The minimum absolute atomic E-state index is 0.0284. The standard InChI is InChI=1S/C16H17BrClN/c1-10-3-6-14(11(2)7-10)16(19)8-12-4-5-13(17)9-15(12)18/h3-7,9,16H,8,19H2,1-2H3. The summed E-state index contributed by atoms with van der Waals surface area (Å²) in [6, 6.07) is 12.3. The lowest BCUT2D eigenvalue weighted by Crippen LogP contribution is -2.15. The molecule has 2 rings (SSSR count). The average molecular weight is 339 g/mol. The normalized spacial score (nSPS) is 12.5. The van der Waals surface area contributed by atoms with Crippen molar-refractivity contribution in [1.29, 1.82) is 0 Å². The third kappa shape index (κ3) is 3.59. The van der Waals surface area contributed by atoms with E-state index in [2.05, 4.69) is 48.0 Å². The van der Waals surface area contributed by atoms with Crippen LogP contribution < -0.4 is 5.73 Å². The molecule has 0 fully saturated rings. The van der Waals surface area contributed by atoms with Gasteiger partial charge in [0.25, 0.3) is 0 Å². The maximum Gasteiger partial charge on any atom is 0.0449 e. The van der Waals surface area contributed by atoms with Crippen LogP contribution in [0.5, 0.6) is 0 Å². The summed E-state index contributed by atoms with van der Waals surface area (Å²) in [4.78, 5) is 0. The third-order valence-corrected chi connectivity index (χ3v) is 4.12.